The largest absolute Gasteiger partial charge is 0.479 e. The van der Waals surface area contributed by atoms with Gasteiger partial charge in [0.15, 0.2) is 5.54 Å². The molecule has 3 heterocycles. The molecule has 0 spiro atoms. The molecule has 1 N–H and O–H groups in total. The van der Waals surface area contributed by atoms with E-state index in [1.165, 1.54) is 0 Å². The van der Waals surface area contributed by atoms with Gasteiger partial charge in [-0.25, -0.2) is 9.78 Å². The van der Waals surface area contributed by atoms with E-state index < -0.39 is 11.5 Å². The first kappa shape index (κ1) is 18.6. The quantitative estimate of drug-likeness (QED) is 0.822. The lowest BCUT2D eigenvalue weighted by atomic mass is 9.87. The number of hydrogen-bond acceptors (Lipinski definition) is 4. The molecule has 2 aromatic heterocycles. The zero-order valence-corrected chi connectivity index (χ0v) is 15.9. The molecule has 0 aromatic carbocycles. The van der Waals surface area contributed by atoms with Gasteiger partial charge < -0.3 is 9.67 Å². The highest BCUT2D eigenvalue weighted by Gasteiger charge is 2.44. The second kappa shape index (κ2) is 7.61. The number of carbonyl (C=O) groups is 1. The molecule has 1 aliphatic heterocycles. The molecule has 1 aliphatic rings. The maximum atomic E-state index is 12.1. The van der Waals surface area contributed by atoms with Crippen LogP contribution in [0, 0.1) is 0 Å². The second-order valence-electron chi connectivity index (χ2n) is 7.49. The fourth-order valence-electron chi connectivity index (χ4n) is 3.64. The van der Waals surface area contributed by atoms with Crippen LogP contribution >= 0.6 is 0 Å². The molecule has 0 amide bonds. The van der Waals surface area contributed by atoms with Crippen molar-refractivity contribution in [3.05, 3.63) is 36.2 Å². The van der Waals surface area contributed by atoms with Gasteiger partial charge in [0.1, 0.15) is 5.82 Å². The minimum Gasteiger partial charge on any atom is -0.479 e. The lowest BCUT2D eigenvalue weighted by Gasteiger charge is -2.38. The van der Waals surface area contributed by atoms with Gasteiger partial charge in [0.2, 0.25) is 0 Å². The van der Waals surface area contributed by atoms with Gasteiger partial charge >= 0.3 is 5.97 Å². The molecule has 0 radical (unpaired) electrons. The van der Waals surface area contributed by atoms with E-state index in [9.17, 15) is 9.90 Å². The lowest BCUT2D eigenvalue weighted by molar-refractivity contribution is -0.151. The van der Waals surface area contributed by atoms with Crippen LogP contribution in [0.25, 0.3) is 0 Å². The summed E-state index contributed by atoms with van der Waals surface area (Å²) in [5, 5.41) is 14.5. The fourth-order valence-corrected chi connectivity index (χ4v) is 3.64. The van der Waals surface area contributed by atoms with Gasteiger partial charge in [-0.05, 0) is 31.2 Å². The molecule has 26 heavy (non-hydrogen) atoms. The minimum atomic E-state index is -0.942. The molecule has 0 unspecified atom stereocenters. The van der Waals surface area contributed by atoms with Crippen molar-refractivity contribution in [2.75, 3.05) is 13.1 Å². The van der Waals surface area contributed by atoms with E-state index in [-0.39, 0.29) is 0 Å². The van der Waals surface area contributed by atoms with E-state index in [2.05, 4.69) is 40.3 Å². The van der Waals surface area contributed by atoms with Crippen LogP contribution in [0.1, 0.15) is 57.5 Å². The molecule has 0 saturated carbocycles. The first-order valence-electron chi connectivity index (χ1n) is 9.48. The first-order valence-corrected chi connectivity index (χ1v) is 9.48. The van der Waals surface area contributed by atoms with E-state index in [1.807, 2.05) is 24.7 Å². The standard InChI is InChI=1S/C19H29N5O2/c1-4-9-23-13-8-20-17(23)14-22-11-6-19(7-12-22,18(25)26)24-10-5-16(21-24)15(2)3/h5,8,10,13,15H,4,6-7,9,11-12,14H2,1-3H3,(H,25,26). The van der Waals surface area contributed by atoms with Gasteiger partial charge in [-0.1, -0.05) is 20.8 Å². The number of hydrogen-bond donors (Lipinski definition) is 1. The Labute approximate surface area is 154 Å². The number of rotatable bonds is 7. The monoisotopic (exact) mass is 359 g/mol. The van der Waals surface area contributed by atoms with Crippen molar-refractivity contribution in [3.8, 4) is 0 Å². The van der Waals surface area contributed by atoms with Gasteiger partial charge in [-0.3, -0.25) is 9.58 Å². The molecule has 3 rings (SSSR count). The van der Waals surface area contributed by atoms with Crippen molar-refractivity contribution in [2.45, 2.75) is 64.6 Å². The van der Waals surface area contributed by atoms with Crippen LogP contribution < -0.4 is 0 Å². The fraction of sp³-hybridized carbons (Fsp3) is 0.632. The van der Waals surface area contributed by atoms with Gasteiger partial charge in [0, 0.05) is 38.2 Å². The van der Waals surface area contributed by atoms with Crippen LogP contribution in [0.2, 0.25) is 0 Å². The molecule has 0 aliphatic carbocycles. The Morgan fingerprint density at radius 2 is 2.04 bits per heavy atom. The summed E-state index contributed by atoms with van der Waals surface area (Å²) in [6, 6.07) is 1.93. The van der Waals surface area contributed by atoms with Crippen LogP contribution in [0.5, 0.6) is 0 Å². The lowest BCUT2D eigenvalue weighted by Crippen LogP contribution is -2.51. The summed E-state index contributed by atoms with van der Waals surface area (Å²) in [5.41, 5.74) is -0.00249. The van der Waals surface area contributed by atoms with Gasteiger partial charge in [0.25, 0.3) is 0 Å². The van der Waals surface area contributed by atoms with Crippen molar-refractivity contribution in [1.82, 2.24) is 24.2 Å². The van der Waals surface area contributed by atoms with Crippen LogP contribution in [-0.2, 0) is 23.4 Å². The number of carboxylic acids is 1. The normalized spacial score (nSPS) is 17.7. The Kier molecular flexibility index (Phi) is 5.46. The Hall–Kier alpha value is -2.15. The predicted octanol–water partition coefficient (Wildman–Crippen LogP) is 2.69. The first-order chi connectivity index (χ1) is 12.5. The summed E-state index contributed by atoms with van der Waals surface area (Å²) >= 11 is 0. The number of likely N-dealkylation sites (tertiary alicyclic amines) is 1. The number of carboxylic acid groups (broad SMARTS) is 1. The number of aliphatic carboxylic acids is 1. The SMILES string of the molecule is CCCn1ccnc1CN1CCC(C(=O)O)(n2ccc(C(C)C)n2)CC1. The van der Waals surface area contributed by atoms with E-state index in [0.29, 0.717) is 18.8 Å². The molecule has 2 aromatic rings. The Morgan fingerprint density at radius 3 is 2.62 bits per heavy atom. The highest BCUT2D eigenvalue weighted by molar-refractivity contribution is 5.76. The average molecular weight is 359 g/mol. The molecule has 1 fully saturated rings. The summed E-state index contributed by atoms with van der Waals surface area (Å²) in [4.78, 5) is 18.9. The van der Waals surface area contributed by atoms with Crippen molar-refractivity contribution in [2.24, 2.45) is 0 Å². The number of imidazole rings is 1. The highest BCUT2D eigenvalue weighted by Crippen LogP contribution is 2.31. The maximum Gasteiger partial charge on any atom is 0.331 e. The van der Waals surface area contributed by atoms with E-state index >= 15 is 0 Å². The zero-order valence-electron chi connectivity index (χ0n) is 15.9. The third-order valence-electron chi connectivity index (χ3n) is 5.35. The number of nitrogens with zero attached hydrogens (tertiary/aromatic N) is 5. The topological polar surface area (TPSA) is 76.2 Å². The number of piperidine rings is 1. The molecule has 0 bridgehead atoms. The molecule has 142 valence electrons. The van der Waals surface area contributed by atoms with E-state index in [4.69, 9.17) is 0 Å². The summed E-state index contributed by atoms with van der Waals surface area (Å²) in [5.74, 6) is 0.554. The van der Waals surface area contributed by atoms with Gasteiger partial charge in [-0.15, -0.1) is 0 Å². The summed E-state index contributed by atoms with van der Waals surface area (Å²) in [6.07, 6.45) is 7.86. The smallest absolute Gasteiger partial charge is 0.331 e. The maximum absolute atomic E-state index is 12.1. The van der Waals surface area contributed by atoms with E-state index in [0.717, 1.165) is 44.1 Å². The van der Waals surface area contributed by atoms with E-state index in [1.54, 1.807) is 4.68 Å². The highest BCUT2D eigenvalue weighted by atomic mass is 16.4. The Balaban J connectivity index is 1.71. The third kappa shape index (κ3) is 3.53. The Morgan fingerprint density at radius 1 is 1.31 bits per heavy atom. The summed E-state index contributed by atoms with van der Waals surface area (Å²) < 4.78 is 3.86. The molecular weight excluding hydrogens is 330 g/mol. The van der Waals surface area contributed by atoms with Crippen LogP contribution in [-0.4, -0.2) is 48.4 Å². The van der Waals surface area contributed by atoms with Crippen molar-refractivity contribution < 1.29 is 9.90 Å². The second-order valence-corrected chi connectivity index (χ2v) is 7.49. The molecular formula is C19H29N5O2. The number of aromatic nitrogens is 4. The van der Waals surface area contributed by atoms with Crippen molar-refractivity contribution >= 4 is 5.97 Å². The van der Waals surface area contributed by atoms with Crippen LogP contribution in [0.15, 0.2) is 24.7 Å². The van der Waals surface area contributed by atoms with Crippen LogP contribution in [0.4, 0.5) is 0 Å². The summed E-state index contributed by atoms with van der Waals surface area (Å²) in [6.45, 7) is 9.47. The number of aryl methyl sites for hydroxylation is 1. The molecule has 7 heteroatoms. The Bertz CT molecular complexity index is 741. The summed E-state index contributed by atoms with van der Waals surface area (Å²) in [7, 11) is 0. The molecule has 7 nitrogen and oxygen atoms in total. The van der Waals surface area contributed by atoms with Crippen molar-refractivity contribution in [3.63, 3.8) is 0 Å². The average Bonchev–Trinajstić information content (AvgIpc) is 3.26. The van der Waals surface area contributed by atoms with Crippen molar-refractivity contribution in [1.29, 1.82) is 0 Å². The van der Waals surface area contributed by atoms with Gasteiger partial charge in [0.05, 0.1) is 12.2 Å². The predicted molar refractivity (Wildman–Crippen MR) is 99.0 cm³/mol. The molecule has 1 saturated heterocycles. The van der Waals surface area contributed by atoms with Crippen LogP contribution in [0.3, 0.4) is 0 Å². The molecule has 0 atom stereocenters. The zero-order chi connectivity index (χ0) is 18.7. The minimum absolute atomic E-state index is 0.291. The van der Waals surface area contributed by atoms with Gasteiger partial charge in [-0.2, -0.15) is 5.10 Å². The third-order valence-corrected chi connectivity index (χ3v) is 5.35.